The molecule has 0 radical (unpaired) electrons. The predicted molar refractivity (Wildman–Crippen MR) is 100 cm³/mol. The van der Waals surface area contributed by atoms with E-state index in [4.69, 9.17) is 14.7 Å². The van der Waals surface area contributed by atoms with Crippen LogP contribution in [0.15, 0.2) is 42.5 Å². The zero-order chi connectivity index (χ0) is 20.9. The highest BCUT2D eigenvalue weighted by atomic mass is 31.2. The van der Waals surface area contributed by atoms with Gasteiger partial charge >= 0.3 is 11.9 Å². The van der Waals surface area contributed by atoms with Crippen LogP contribution in [0.2, 0.25) is 0 Å². The van der Waals surface area contributed by atoms with Gasteiger partial charge in [0.05, 0.1) is 28.8 Å². The Bertz CT molecular complexity index is 926. The second-order valence-corrected chi connectivity index (χ2v) is 7.84. The van der Waals surface area contributed by atoms with Crippen LogP contribution in [0.3, 0.4) is 0 Å². The third-order valence-electron chi connectivity index (χ3n) is 3.60. The Morgan fingerprint density at radius 3 is 2.07 bits per heavy atom. The van der Waals surface area contributed by atoms with Gasteiger partial charge in [-0.25, -0.2) is 9.59 Å². The number of nitrogens with zero attached hydrogens (tertiary/aromatic N) is 1. The van der Waals surface area contributed by atoms with E-state index in [0.717, 1.165) is 18.2 Å². The standard InChI is InChI=1S/C17H17N2O8P/c1-2-27-28(26,10-11-3-5-15(6-4-11)19(24)25)18-14-8-12(16(20)21)7-13(9-14)17(22)23/h3-9H,2,10H2,1H3,(H,18,26)(H,20,21)(H,22,23). The molecule has 11 heteroatoms. The van der Waals surface area contributed by atoms with Crippen LogP contribution in [0.5, 0.6) is 0 Å². The molecule has 0 aromatic heterocycles. The normalized spacial score (nSPS) is 12.8. The molecule has 0 saturated carbocycles. The summed E-state index contributed by atoms with van der Waals surface area (Å²) in [5.41, 5.74) is -0.205. The zero-order valence-corrected chi connectivity index (χ0v) is 15.6. The van der Waals surface area contributed by atoms with E-state index in [-0.39, 0.29) is 35.3 Å². The van der Waals surface area contributed by atoms with Gasteiger partial charge in [0, 0.05) is 17.8 Å². The van der Waals surface area contributed by atoms with Crippen LogP contribution in [0.1, 0.15) is 33.2 Å². The molecule has 0 aliphatic rings. The van der Waals surface area contributed by atoms with Crippen LogP contribution in [0.25, 0.3) is 0 Å². The number of nitro benzene ring substituents is 1. The van der Waals surface area contributed by atoms with Gasteiger partial charge in [-0.05, 0) is 30.7 Å². The predicted octanol–water partition coefficient (Wildman–Crippen LogP) is 3.83. The minimum atomic E-state index is -3.61. The highest BCUT2D eigenvalue weighted by Gasteiger charge is 2.25. The van der Waals surface area contributed by atoms with Gasteiger partial charge in [-0.2, -0.15) is 0 Å². The van der Waals surface area contributed by atoms with E-state index in [0.29, 0.717) is 5.56 Å². The van der Waals surface area contributed by atoms with Crippen molar-refractivity contribution in [3.05, 3.63) is 69.3 Å². The number of anilines is 1. The Balaban J connectivity index is 2.35. The molecule has 0 bridgehead atoms. The number of hydrogen-bond donors (Lipinski definition) is 3. The smallest absolute Gasteiger partial charge is 0.335 e. The third kappa shape index (κ3) is 5.38. The van der Waals surface area contributed by atoms with Gasteiger partial charge in [0.2, 0.25) is 0 Å². The molecular formula is C17H17N2O8P. The number of carbonyl (C=O) groups is 2. The van der Waals surface area contributed by atoms with Crippen molar-refractivity contribution in [3.63, 3.8) is 0 Å². The number of rotatable bonds is 9. The Kier molecular flexibility index (Phi) is 6.50. The fraction of sp³-hybridized carbons (Fsp3) is 0.176. The summed E-state index contributed by atoms with van der Waals surface area (Å²) in [5, 5.41) is 31.6. The van der Waals surface area contributed by atoms with Crippen LogP contribution >= 0.6 is 7.52 Å². The van der Waals surface area contributed by atoms with Crippen LogP contribution in [0, 0.1) is 10.1 Å². The highest BCUT2D eigenvalue weighted by Crippen LogP contribution is 2.50. The van der Waals surface area contributed by atoms with Gasteiger partial charge in [0.25, 0.3) is 13.2 Å². The minimum absolute atomic E-state index is 0.0102. The van der Waals surface area contributed by atoms with Crippen molar-refractivity contribution in [3.8, 4) is 0 Å². The van der Waals surface area contributed by atoms with Crippen LogP contribution in [-0.2, 0) is 15.3 Å². The molecule has 0 fully saturated rings. The molecule has 2 rings (SSSR count). The lowest BCUT2D eigenvalue weighted by atomic mass is 10.1. The van der Waals surface area contributed by atoms with Crippen molar-refractivity contribution in [1.29, 1.82) is 0 Å². The Morgan fingerprint density at radius 2 is 1.64 bits per heavy atom. The van der Waals surface area contributed by atoms with Gasteiger partial charge in [0.15, 0.2) is 0 Å². The second kappa shape index (κ2) is 8.64. The lowest BCUT2D eigenvalue weighted by Crippen LogP contribution is -2.08. The van der Waals surface area contributed by atoms with Gasteiger partial charge in [-0.1, -0.05) is 12.1 Å². The fourth-order valence-corrected chi connectivity index (χ4v) is 4.29. The first-order chi connectivity index (χ1) is 13.1. The number of non-ortho nitro benzene ring substituents is 1. The first-order valence-electron chi connectivity index (χ1n) is 8.00. The van der Waals surface area contributed by atoms with Crippen LogP contribution in [0.4, 0.5) is 11.4 Å². The largest absolute Gasteiger partial charge is 0.478 e. The average molecular weight is 408 g/mol. The van der Waals surface area contributed by atoms with E-state index in [1.54, 1.807) is 6.92 Å². The highest BCUT2D eigenvalue weighted by molar-refractivity contribution is 7.59. The number of carboxylic acid groups (broad SMARTS) is 2. The quantitative estimate of drug-likeness (QED) is 0.319. The monoisotopic (exact) mass is 408 g/mol. The van der Waals surface area contributed by atoms with E-state index in [2.05, 4.69) is 5.09 Å². The van der Waals surface area contributed by atoms with Crippen molar-refractivity contribution in [2.45, 2.75) is 13.1 Å². The van der Waals surface area contributed by atoms with Crippen molar-refractivity contribution < 1.29 is 33.8 Å². The summed E-state index contributed by atoms with van der Waals surface area (Å²) in [6.45, 7) is 1.68. The van der Waals surface area contributed by atoms with Gasteiger partial charge < -0.3 is 19.8 Å². The number of nitro groups is 1. The molecule has 28 heavy (non-hydrogen) atoms. The molecular weight excluding hydrogens is 391 g/mol. The first-order valence-corrected chi connectivity index (χ1v) is 9.81. The van der Waals surface area contributed by atoms with Crippen LogP contribution in [-0.4, -0.2) is 33.7 Å². The molecule has 0 aliphatic carbocycles. The lowest BCUT2D eigenvalue weighted by Gasteiger charge is -2.20. The Labute approximate surface area is 159 Å². The summed E-state index contributed by atoms with van der Waals surface area (Å²) in [7, 11) is -3.61. The number of benzene rings is 2. The van der Waals surface area contributed by atoms with Gasteiger partial charge in [0.1, 0.15) is 0 Å². The summed E-state index contributed by atoms with van der Waals surface area (Å²) >= 11 is 0. The maximum Gasteiger partial charge on any atom is 0.335 e. The molecule has 1 atom stereocenters. The second-order valence-electron chi connectivity index (χ2n) is 5.69. The Morgan fingerprint density at radius 1 is 1.11 bits per heavy atom. The van der Waals surface area contributed by atoms with Crippen molar-refractivity contribution in [1.82, 2.24) is 0 Å². The van der Waals surface area contributed by atoms with Gasteiger partial charge in [-0.15, -0.1) is 0 Å². The van der Waals surface area contributed by atoms with E-state index in [1.807, 2.05) is 0 Å². The summed E-state index contributed by atoms with van der Waals surface area (Å²) in [6.07, 6.45) is -0.140. The number of nitrogens with one attached hydrogen (secondary N) is 1. The molecule has 1 unspecified atom stereocenters. The number of aromatic carboxylic acids is 2. The average Bonchev–Trinajstić information content (AvgIpc) is 2.61. The van der Waals surface area contributed by atoms with E-state index < -0.39 is 24.4 Å². The molecule has 0 amide bonds. The van der Waals surface area contributed by atoms with Crippen molar-refractivity contribution in [2.75, 3.05) is 11.7 Å². The molecule has 0 saturated heterocycles. The van der Waals surface area contributed by atoms with E-state index >= 15 is 0 Å². The Hall–Kier alpha value is -3.23. The number of carboxylic acids is 2. The lowest BCUT2D eigenvalue weighted by molar-refractivity contribution is -0.384. The molecule has 0 heterocycles. The summed E-state index contributed by atoms with van der Waals surface area (Å²) in [6, 6.07) is 8.67. The van der Waals surface area contributed by atoms with Crippen molar-refractivity contribution >= 4 is 30.8 Å². The van der Waals surface area contributed by atoms with Gasteiger partial charge in [-0.3, -0.25) is 14.7 Å². The molecule has 148 valence electrons. The third-order valence-corrected chi connectivity index (χ3v) is 5.66. The topological polar surface area (TPSA) is 156 Å². The molecule has 0 spiro atoms. The van der Waals surface area contributed by atoms with E-state index in [1.165, 1.54) is 24.3 Å². The van der Waals surface area contributed by atoms with Crippen molar-refractivity contribution in [2.24, 2.45) is 0 Å². The SMILES string of the molecule is CCOP(=O)(Cc1ccc([N+](=O)[O-])cc1)Nc1cc(C(=O)O)cc(C(=O)O)c1. The summed E-state index contributed by atoms with van der Waals surface area (Å²) in [4.78, 5) is 32.6. The summed E-state index contributed by atoms with van der Waals surface area (Å²) < 4.78 is 18.5. The number of hydrogen-bond acceptors (Lipinski definition) is 6. The maximum absolute atomic E-state index is 13.2. The summed E-state index contributed by atoms with van der Waals surface area (Å²) in [5.74, 6) is -2.68. The maximum atomic E-state index is 13.2. The minimum Gasteiger partial charge on any atom is -0.478 e. The van der Waals surface area contributed by atoms with E-state index in [9.17, 15) is 24.3 Å². The molecule has 0 aliphatic heterocycles. The molecule has 2 aromatic rings. The fourth-order valence-electron chi connectivity index (χ4n) is 2.43. The first kappa shape index (κ1) is 21.1. The molecule has 10 nitrogen and oxygen atoms in total. The van der Waals surface area contributed by atoms with Crippen LogP contribution < -0.4 is 5.09 Å². The zero-order valence-electron chi connectivity index (χ0n) is 14.7. The molecule has 3 N–H and O–H groups in total. The molecule has 2 aromatic carbocycles.